The first kappa shape index (κ1) is 11.4. The molecule has 1 aromatic carbocycles. The summed E-state index contributed by atoms with van der Waals surface area (Å²) in [7, 11) is 0. The molecule has 0 aliphatic rings. The maximum atomic E-state index is 12.0. The highest BCUT2D eigenvalue weighted by atomic mass is 19.3. The van der Waals surface area contributed by atoms with Crippen molar-refractivity contribution in [3.63, 3.8) is 0 Å². The minimum absolute atomic E-state index is 0.0159. The Morgan fingerprint density at radius 2 is 2.13 bits per heavy atom. The molecule has 0 unspecified atom stereocenters. The molecule has 0 aliphatic heterocycles. The standard InChI is InChI=1S/C10H11F2NO2/c1-2-8(13-14)7-5-3-4-6-9(7)15-10(11)12/h3-6,10,14H,2H2,1H3. The molecular formula is C10H11F2NO2. The van der Waals surface area contributed by atoms with E-state index >= 15 is 0 Å². The van der Waals surface area contributed by atoms with Gasteiger partial charge in [-0.3, -0.25) is 0 Å². The van der Waals surface area contributed by atoms with Gasteiger partial charge in [-0.05, 0) is 18.6 Å². The highest BCUT2D eigenvalue weighted by Crippen LogP contribution is 2.21. The molecule has 0 amide bonds. The second-order valence-corrected chi connectivity index (χ2v) is 2.77. The fourth-order valence-electron chi connectivity index (χ4n) is 1.22. The molecular weight excluding hydrogens is 204 g/mol. The van der Waals surface area contributed by atoms with E-state index in [1.54, 1.807) is 25.1 Å². The third-order valence-corrected chi connectivity index (χ3v) is 1.87. The molecule has 5 heteroatoms. The Kier molecular flexibility index (Phi) is 4.03. The molecule has 0 saturated carbocycles. The van der Waals surface area contributed by atoms with E-state index in [-0.39, 0.29) is 5.75 Å². The van der Waals surface area contributed by atoms with E-state index in [0.717, 1.165) is 0 Å². The number of benzene rings is 1. The van der Waals surface area contributed by atoms with Crippen molar-refractivity contribution in [2.24, 2.45) is 5.16 Å². The van der Waals surface area contributed by atoms with Gasteiger partial charge < -0.3 is 9.94 Å². The van der Waals surface area contributed by atoms with Crippen molar-refractivity contribution in [2.75, 3.05) is 0 Å². The lowest BCUT2D eigenvalue weighted by molar-refractivity contribution is -0.0499. The van der Waals surface area contributed by atoms with Gasteiger partial charge in [-0.15, -0.1) is 0 Å². The predicted octanol–water partition coefficient (Wildman–Crippen LogP) is 2.88. The second-order valence-electron chi connectivity index (χ2n) is 2.77. The molecule has 0 bridgehead atoms. The second kappa shape index (κ2) is 5.29. The lowest BCUT2D eigenvalue weighted by Crippen LogP contribution is -2.08. The summed E-state index contributed by atoms with van der Waals surface area (Å²) in [6.07, 6.45) is 0.431. The van der Waals surface area contributed by atoms with Crippen LogP contribution in [0.2, 0.25) is 0 Å². The Morgan fingerprint density at radius 1 is 1.47 bits per heavy atom. The van der Waals surface area contributed by atoms with Crippen molar-refractivity contribution in [3.8, 4) is 5.75 Å². The summed E-state index contributed by atoms with van der Waals surface area (Å²) in [5.41, 5.74) is 0.689. The van der Waals surface area contributed by atoms with Crippen molar-refractivity contribution in [1.82, 2.24) is 0 Å². The summed E-state index contributed by atoms with van der Waals surface area (Å²) < 4.78 is 28.4. The molecule has 1 N–H and O–H groups in total. The summed E-state index contributed by atoms with van der Waals surface area (Å²) in [4.78, 5) is 0. The van der Waals surface area contributed by atoms with Crippen LogP contribution in [-0.4, -0.2) is 17.5 Å². The molecule has 15 heavy (non-hydrogen) atoms. The van der Waals surface area contributed by atoms with Crippen molar-refractivity contribution in [2.45, 2.75) is 20.0 Å². The number of oxime groups is 1. The molecule has 0 saturated heterocycles. The topological polar surface area (TPSA) is 41.8 Å². The fraction of sp³-hybridized carbons (Fsp3) is 0.300. The molecule has 0 atom stereocenters. The molecule has 0 fully saturated rings. The van der Waals surface area contributed by atoms with E-state index in [0.29, 0.717) is 17.7 Å². The zero-order chi connectivity index (χ0) is 11.3. The van der Waals surface area contributed by atoms with Crippen LogP contribution in [0.25, 0.3) is 0 Å². The van der Waals surface area contributed by atoms with Gasteiger partial charge in [-0.2, -0.15) is 8.78 Å². The fourth-order valence-corrected chi connectivity index (χ4v) is 1.22. The van der Waals surface area contributed by atoms with Crippen LogP contribution in [-0.2, 0) is 0 Å². The van der Waals surface area contributed by atoms with Gasteiger partial charge in [0, 0.05) is 5.56 Å². The number of para-hydroxylation sites is 1. The summed E-state index contributed by atoms with van der Waals surface area (Å²) >= 11 is 0. The third-order valence-electron chi connectivity index (χ3n) is 1.87. The van der Waals surface area contributed by atoms with Crippen LogP contribution in [0.15, 0.2) is 29.4 Å². The number of alkyl halides is 2. The lowest BCUT2D eigenvalue weighted by Gasteiger charge is -2.10. The number of nitrogens with zero attached hydrogens (tertiary/aromatic N) is 1. The first-order valence-corrected chi connectivity index (χ1v) is 4.44. The lowest BCUT2D eigenvalue weighted by atomic mass is 10.1. The monoisotopic (exact) mass is 215 g/mol. The molecule has 0 radical (unpaired) electrons. The van der Waals surface area contributed by atoms with Gasteiger partial charge in [0.25, 0.3) is 0 Å². The zero-order valence-corrected chi connectivity index (χ0v) is 8.15. The maximum Gasteiger partial charge on any atom is 0.387 e. The first-order valence-electron chi connectivity index (χ1n) is 4.44. The maximum absolute atomic E-state index is 12.0. The van der Waals surface area contributed by atoms with E-state index in [2.05, 4.69) is 9.89 Å². The van der Waals surface area contributed by atoms with Gasteiger partial charge in [0.2, 0.25) is 0 Å². The number of rotatable bonds is 4. The summed E-state index contributed by atoms with van der Waals surface area (Å²) in [5, 5.41) is 11.7. The van der Waals surface area contributed by atoms with Crippen LogP contribution < -0.4 is 4.74 Å². The average Bonchev–Trinajstić information content (AvgIpc) is 2.21. The van der Waals surface area contributed by atoms with E-state index in [1.165, 1.54) is 6.07 Å². The minimum atomic E-state index is -2.89. The average molecular weight is 215 g/mol. The summed E-state index contributed by atoms with van der Waals surface area (Å²) in [6.45, 7) is -1.13. The number of halogens is 2. The van der Waals surface area contributed by atoms with Gasteiger partial charge in [-0.25, -0.2) is 0 Å². The number of hydrogen-bond acceptors (Lipinski definition) is 3. The Bertz CT molecular complexity index is 353. The van der Waals surface area contributed by atoms with Gasteiger partial charge >= 0.3 is 6.61 Å². The Morgan fingerprint density at radius 3 is 2.67 bits per heavy atom. The predicted molar refractivity (Wildman–Crippen MR) is 51.7 cm³/mol. The van der Waals surface area contributed by atoms with Crippen molar-refractivity contribution >= 4 is 5.71 Å². The van der Waals surface area contributed by atoms with E-state index in [9.17, 15) is 8.78 Å². The Hall–Kier alpha value is -1.65. The van der Waals surface area contributed by atoms with E-state index in [4.69, 9.17) is 5.21 Å². The highest BCUT2D eigenvalue weighted by molar-refractivity contribution is 6.02. The van der Waals surface area contributed by atoms with Crippen LogP contribution >= 0.6 is 0 Å². The first-order chi connectivity index (χ1) is 7.19. The van der Waals surface area contributed by atoms with Crippen LogP contribution in [0.4, 0.5) is 8.78 Å². The van der Waals surface area contributed by atoms with E-state index < -0.39 is 6.61 Å². The van der Waals surface area contributed by atoms with Gasteiger partial charge in [-0.1, -0.05) is 24.2 Å². The van der Waals surface area contributed by atoms with Crippen molar-refractivity contribution < 1.29 is 18.7 Å². The molecule has 0 aromatic heterocycles. The number of hydrogen-bond donors (Lipinski definition) is 1. The third kappa shape index (κ3) is 2.90. The van der Waals surface area contributed by atoms with Gasteiger partial charge in [0.05, 0.1) is 5.71 Å². The van der Waals surface area contributed by atoms with Crippen LogP contribution in [0.5, 0.6) is 5.75 Å². The minimum Gasteiger partial charge on any atom is -0.434 e. The quantitative estimate of drug-likeness (QED) is 0.476. The van der Waals surface area contributed by atoms with Gasteiger partial charge in [0.1, 0.15) is 5.75 Å². The van der Waals surface area contributed by atoms with Gasteiger partial charge in [0.15, 0.2) is 0 Å². The van der Waals surface area contributed by atoms with Crippen LogP contribution in [0.3, 0.4) is 0 Å². The SMILES string of the molecule is CCC(=NO)c1ccccc1OC(F)F. The molecule has 1 aromatic rings. The largest absolute Gasteiger partial charge is 0.434 e. The smallest absolute Gasteiger partial charge is 0.387 e. The normalized spacial score (nSPS) is 11.9. The molecule has 0 heterocycles. The van der Waals surface area contributed by atoms with Crippen LogP contribution in [0, 0.1) is 0 Å². The molecule has 3 nitrogen and oxygen atoms in total. The number of ether oxygens (including phenoxy) is 1. The molecule has 0 aliphatic carbocycles. The van der Waals surface area contributed by atoms with Crippen molar-refractivity contribution in [3.05, 3.63) is 29.8 Å². The molecule has 1 rings (SSSR count). The van der Waals surface area contributed by atoms with Crippen molar-refractivity contribution in [1.29, 1.82) is 0 Å². The summed E-state index contributed by atoms with van der Waals surface area (Å²) in [5.74, 6) is 0.0159. The zero-order valence-electron chi connectivity index (χ0n) is 8.15. The van der Waals surface area contributed by atoms with Crippen LogP contribution in [0.1, 0.15) is 18.9 Å². The summed E-state index contributed by atoms with van der Waals surface area (Å²) in [6, 6.07) is 6.21. The Labute approximate surface area is 86.0 Å². The molecule has 82 valence electrons. The Balaban J connectivity index is 3.05. The highest BCUT2D eigenvalue weighted by Gasteiger charge is 2.12. The molecule has 0 spiro atoms. The van der Waals surface area contributed by atoms with E-state index in [1.807, 2.05) is 0 Å².